The first-order valence-corrected chi connectivity index (χ1v) is 9.78. The van der Waals surface area contributed by atoms with Crippen molar-refractivity contribution in [2.45, 2.75) is 25.9 Å². The number of aliphatic carboxylic acids is 1. The first-order valence-electron chi connectivity index (χ1n) is 9.78. The average molecular weight is 411 g/mol. The van der Waals surface area contributed by atoms with Crippen LogP contribution in [-0.4, -0.2) is 48.2 Å². The van der Waals surface area contributed by atoms with E-state index in [1.807, 2.05) is 30.3 Å². The molecule has 1 amide bonds. The molecule has 7 nitrogen and oxygen atoms in total. The highest BCUT2D eigenvalue weighted by molar-refractivity contribution is 5.93. The van der Waals surface area contributed by atoms with Gasteiger partial charge in [0.05, 0.1) is 18.6 Å². The zero-order chi connectivity index (χ0) is 21.7. The van der Waals surface area contributed by atoms with Gasteiger partial charge in [-0.05, 0) is 30.0 Å². The van der Waals surface area contributed by atoms with Crippen molar-refractivity contribution < 1.29 is 29.0 Å². The number of carbonyl (C=O) groups excluding carboxylic acids is 2. The number of carboxylic acids is 1. The Morgan fingerprint density at radius 3 is 2.50 bits per heavy atom. The zero-order valence-corrected chi connectivity index (χ0v) is 17.0. The number of methoxy groups -OCH3 is 1. The van der Waals surface area contributed by atoms with Crippen LogP contribution in [0.1, 0.15) is 39.4 Å². The number of carbonyl (C=O) groups is 3. The summed E-state index contributed by atoms with van der Waals surface area (Å²) in [6, 6.07) is 14.6. The summed E-state index contributed by atoms with van der Waals surface area (Å²) in [6.07, 6.45) is -0.227. The van der Waals surface area contributed by atoms with Crippen LogP contribution in [0.4, 0.5) is 4.79 Å². The molecule has 1 fully saturated rings. The summed E-state index contributed by atoms with van der Waals surface area (Å²) in [5, 5.41) is 9.75. The van der Waals surface area contributed by atoms with E-state index in [9.17, 15) is 19.5 Å². The molecule has 0 saturated carbocycles. The van der Waals surface area contributed by atoms with Gasteiger partial charge in [-0.2, -0.15) is 0 Å². The largest absolute Gasteiger partial charge is 0.481 e. The molecule has 1 aliphatic heterocycles. The summed E-state index contributed by atoms with van der Waals surface area (Å²) >= 11 is 0. The minimum Gasteiger partial charge on any atom is -0.481 e. The van der Waals surface area contributed by atoms with Gasteiger partial charge in [-0.15, -0.1) is 0 Å². The Morgan fingerprint density at radius 1 is 1.10 bits per heavy atom. The minimum atomic E-state index is -0.949. The maximum absolute atomic E-state index is 12.6. The van der Waals surface area contributed by atoms with E-state index < -0.39 is 29.9 Å². The lowest BCUT2D eigenvalue weighted by molar-refractivity contribution is -0.144. The van der Waals surface area contributed by atoms with E-state index in [0.29, 0.717) is 16.7 Å². The fraction of sp³-hybridized carbons (Fsp3) is 0.348. The lowest BCUT2D eigenvalue weighted by atomic mass is 9.78. The number of piperidine rings is 1. The van der Waals surface area contributed by atoms with Crippen molar-refractivity contribution in [2.24, 2.45) is 5.92 Å². The molecule has 0 aromatic heterocycles. The third kappa shape index (κ3) is 4.62. The van der Waals surface area contributed by atoms with Gasteiger partial charge in [-0.1, -0.05) is 48.5 Å². The van der Waals surface area contributed by atoms with Crippen molar-refractivity contribution in [2.75, 3.05) is 20.2 Å². The van der Waals surface area contributed by atoms with E-state index >= 15 is 0 Å². The van der Waals surface area contributed by atoms with Crippen molar-refractivity contribution in [1.29, 1.82) is 0 Å². The number of carboxylic acid groups (broad SMARTS) is 1. The smallest absolute Gasteiger partial charge is 0.410 e. The highest BCUT2D eigenvalue weighted by atomic mass is 16.6. The van der Waals surface area contributed by atoms with E-state index in [4.69, 9.17) is 9.47 Å². The lowest BCUT2D eigenvalue weighted by Gasteiger charge is -2.37. The Bertz CT molecular complexity index is 927. The van der Waals surface area contributed by atoms with Gasteiger partial charge >= 0.3 is 18.0 Å². The fourth-order valence-corrected chi connectivity index (χ4v) is 3.92. The molecular formula is C23H25NO6. The van der Waals surface area contributed by atoms with Crippen molar-refractivity contribution >= 4 is 18.0 Å². The molecule has 158 valence electrons. The standard InChI is InChI=1S/C23H25NO6/c1-15-7-6-10-17(20(15)22(27)29-2)19-13-24(12-11-18(19)21(25)26)23(28)30-14-16-8-4-3-5-9-16/h3-10,18-19H,11-14H2,1-2H3,(H,25,26)/t18-,19-/m0/s1. The maximum Gasteiger partial charge on any atom is 0.410 e. The quantitative estimate of drug-likeness (QED) is 0.756. The topological polar surface area (TPSA) is 93.1 Å². The van der Waals surface area contributed by atoms with Crippen LogP contribution in [0, 0.1) is 12.8 Å². The zero-order valence-electron chi connectivity index (χ0n) is 17.0. The van der Waals surface area contributed by atoms with Crippen LogP contribution >= 0.6 is 0 Å². The molecule has 0 spiro atoms. The van der Waals surface area contributed by atoms with Crippen LogP contribution < -0.4 is 0 Å². The Balaban J connectivity index is 1.83. The van der Waals surface area contributed by atoms with Gasteiger partial charge in [0.1, 0.15) is 6.61 Å². The number of likely N-dealkylation sites (tertiary alicyclic amines) is 1. The Morgan fingerprint density at radius 2 is 1.83 bits per heavy atom. The number of rotatable bonds is 5. The number of esters is 1. The van der Waals surface area contributed by atoms with Crippen molar-refractivity contribution in [3.63, 3.8) is 0 Å². The van der Waals surface area contributed by atoms with Gasteiger partial charge in [0, 0.05) is 19.0 Å². The second-order valence-electron chi connectivity index (χ2n) is 7.36. The number of nitrogens with zero attached hydrogens (tertiary/aromatic N) is 1. The first kappa shape index (κ1) is 21.4. The SMILES string of the molecule is COC(=O)c1c(C)cccc1[C@@H]1CN(C(=O)OCc2ccccc2)CC[C@@H]1C(=O)O. The molecule has 1 N–H and O–H groups in total. The van der Waals surface area contributed by atoms with Crippen LogP contribution in [-0.2, 0) is 20.9 Å². The van der Waals surface area contributed by atoms with Gasteiger partial charge in [0.25, 0.3) is 0 Å². The van der Waals surface area contributed by atoms with Crippen LogP contribution in [0.15, 0.2) is 48.5 Å². The Kier molecular flexibility index (Phi) is 6.72. The molecule has 0 radical (unpaired) electrons. The number of benzene rings is 2. The molecule has 0 unspecified atom stereocenters. The van der Waals surface area contributed by atoms with Gasteiger partial charge in [0.15, 0.2) is 0 Å². The van der Waals surface area contributed by atoms with Crippen molar-refractivity contribution in [3.8, 4) is 0 Å². The predicted molar refractivity (Wildman–Crippen MR) is 109 cm³/mol. The normalized spacial score (nSPS) is 18.5. The van der Waals surface area contributed by atoms with Crippen LogP contribution in [0.2, 0.25) is 0 Å². The first-order chi connectivity index (χ1) is 14.4. The van der Waals surface area contributed by atoms with Gasteiger partial charge in [-0.25, -0.2) is 9.59 Å². The molecule has 1 saturated heterocycles. The highest BCUT2D eigenvalue weighted by Gasteiger charge is 2.39. The Hall–Kier alpha value is -3.35. The molecule has 0 bridgehead atoms. The highest BCUT2D eigenvalue weighted by Crippen LogP contribution is 2.36. The molecule has 1 aliphatic rings. The monoisotopic (exact) mass is 411 g/mol. The van der Waals surface area contributed by atoms with E-state index in [1.165, 1.54) is 12.0 Å². The minimum absolute atomic E-state index is 0.140. The molecule has 2 atom stereocenters. The van der Waals surface area contributed by atoms with Gasteiger partial charge in [0.2, 0.25) is 0 Å². The summed E-state index contributed by atoms with van der Waals surface area (Å²) in [5.41, 5.74) is 2.51. The van der Waals surface area contributed by atoms with E-state index in [0.717, 1.165) is 5.56 Å². The number of ether oxygens (including phenoxy) is 2. The molecule has 3 rings (SSSR count). The number of hydrogen-bond acceptors (Lipinski definition) is 5. The van der Waals surface area contributed by atoms with Crippen molar-refractivity contribution in [1.82, 2.24) is 4.90 Å². The van der Waals surface area contributed by atoms with Gasteiger partial charge < -0.3 is 19.5 Å². The third-order valence-corrected chi connectivity index (χ3v) is 5.49. The maximum atomic E-state index is 12.6. The second kappa shape index (κ2) is 9.43. The lowest BCUT2D eigenvalue weighted by Crippen LogP contribution is -2.45. The molecule has 1 heterocycles. The molecular weight excluding hydrogens is 386 g/mol. The van der Waals surface area contributed by atoms with Crippen molar-refractivity contribution in [3.05, 3.63) is 70.8 Å². The van der Waals surface area contributed by atoms with E-state index in [-0.39, 0.29) is 26.1 Å². The molecule has 30 heavy (non-hydrogen) atoms. The molecule has 2 aromatic carbocycles. The van der Waals surface area contributed by atoms with Crippen LogP contribution in [0.25, 0.3) is 0 Å². The van der Waals surface area contributed by atoms with E-state index in [1.54, 1.807) is 25.1 Å². The summed E-state index contributed by atoms with van der Waals surface area (Å²) < 4.78 is 10.3. The second-order valence-corrected chi connectivity index (χ2v) is 7.36. The summed E-state index contributed by atoms with van der Waals surface area (Å²) in [6.45, 7) is 2.35. The average Bonchev–Trinajstić information content (AvgIpc) is 2.77. The van der Waals surface area contributed by atoms with Crippen LogP contribution in [0.3, 0.4) is 0 Å². The van der Waals surface area contributed by atoms with E-state index in [2.05, 4.69) is 0 Å². The number of hydrogen-bond donors (Lipinski definition) is 1. The van der Waals surface area contributed by atoms with Gasteiger partial charge in [-0.3, -0.25) is 4.79 Å². The number of aryl methyl sites for hydroxylation is 1. The predicted octanol–water partition coefficient (Wildman–Crippen LogP) is 3.61. The third-order valence-electron chi connectivity index (χ3n) is 5.49. The Labute approximate surface area is 175 Å². The molecule has 7 heteroatoms. The summed E-state index contributed by atoms with van der Waals surface area (Å²) in [5.74, 6) is -2.73. The molecule has 0 aliphatic carbocycles. The molecule has 2 aromatic rings. The summed E-state index contributed by atoms with van der Waals surface area (Å²) in [4.78, 5) is 38.4. The number of amides is 1. The fourth-order valence-electron chi connectivity index (χ4n) is 3.92. The summed E-state index contributed by atoms with van der Waals surface area (Å²) in [7, 11) is 1.29. The van der Waals surface area contributed by atoms with Crippen LogP contribution in [0.5, 0.6) is 0 Å².